The summed E-state index contributed by atoms with van der Waals surface area (Å²) >= 11 is 0. The molecule has 2 heterocycles. The third kappa shape index (κ3) is 2.54. The van der Waals surface area contributed by atoms with Crippen molar-refractivity contribution < 1.29 is 4.79 Å². The second kappa shape index (κ2) is 4.70. The van der Waals surface area contributed by atoms with Gasteiger partial charge in [-0.2, -0.15) is 0 Å². The maximum absolute atomic E-state index is 11.2. The third-order valence-corrected chi connectivity index (χ3v) is 2.35. The summed E-state index contributed by atoms with van der Waals surface area (Å²) in [5.74, 6) is -0.0919. The fourth-order valence-corrected chi connectivity index (χ4v) is 1.52. The first-order chi connectivity index (χ1) is 8.56. The summed E-state index contributed by atoms with van der Waals surface area (Å²) in [7, 11) is 0. The van der Waals surface area contributed by atoms with Gasteiger partial charge < -0.3 is 16.8 Å². The van der Waals surface area contributed by atoms with E-state index in [0.717, 1.165) is 11.3 Å². The lowest BCUT2D eigenvalue weighted by Gasteiger charge is -2.08. The van der Waals surface area contributed by atoms with Crippen molar-refractivity contribution in [3.05, 3.63) is 41.9 Å². The SMILES string of the molecule is Cc1cncc(Nc2cc(C(N)=O)c(N)cn2)c1. The van der Waals surface area contributed by atoms with Crippen LogP contribution in [0.15, 0.2) is 30.7 Å². The number of primary amides is 1. The number of hydrogen-bond acceptors (Lipinski definition) is 5. The van der Waals surface area contributed by atoms with Crippen LogP contribution in [0.25, 0.3) is 0 Å². The van der Waals surface area contributed by atoms with Crippen molar-refractivity contribution in [3.8, 4) is 0 Å². The highest BCUT2D eigenvalue weighted by Gasteiger charge is 2.08. The molecule has 2 aromatic rings. The number of anilines is 3. The fourth-order valence-electron chi connectivity index (χ4n) is 1.52. The number of nitrogen functional groups attached to an aromatic ring is 1. The van der Waals surface area contributed by atoms with Crippen LogP contribution in [0.1, 0.15) is 15.9 Å². The lowest BCUT2D eigenvalue weighted by Crippen LogP contribution is -2.14. The zero-order valence-electron chi connectivity index (χ0n) is 9.84. The van der Waals surface area contributed by atoms with Crippen LogP contribution in [0.3, 0.4) is 0 Å². The van der Waals surface area contributed by atoms with Gasteiger partial charge in [0.2, 0.25) is 0 Å². The van der Waals surface area contributed by atoms with Gasteiger partial charge in [0.15, 0.2) is 0 Å². The van der Waals surface area contributed by atoms with Gasteiger partial charge in [-0.25, -0.2) is 4.98 Å². The van der Waals surface area contributed by atoms with Gasteiger partial charge in [-0.15, -0.1) is 0 Å². The standard InChI is InChI=1S/C12H13N5O/c1-7-2-8(5-15-4-7)17-11-3-9(12(14)18)10(13)6-16-11/h2-6H,13H2,1H3,(H2,14,18)(H,16,17). The van der Waals surface area contributed by atoms with Gasteiger partial charge in [-0.1, -0.05) is 0 Å². The molecule has 0 radical (unpaired) electrons. The molecule has 0 unspecified atom stereocenters. The average molecular weight is 243 g/mol. The normalized spacial score (nSPS) is 10.1. The van der Waals surface area contributed by atoms with Crippen molar-refractivity contribution >= 4 is 23.1 Å². The lowest BCUT2D eigenvalue weighted by atomic mass is 10.2. The molecule has 6 nitrogen and oxygen atoms in total. The van der Waals surface area contributed by atoms with Gasteiger partial charge in [0.1, 0.15) is 5.82 Å². The quantitative estimate of drug-likeness (QED) is 0.751. The minimum Gasteiger partial charge on any atom is -0.397 e. The number of aryl methyl sites for hydroxylation is 1. The van der Waals surface area contributed by atoms with Crippen LogP contribution in [0.2, 0.25) is 0 Å². The number of aromatic nitrogens is 2. The molecule has 0 bridgehead atoms. The topological polar surface area (TPSA) is 107 Å². The molecule has 0 aliphatic carbocycles. The molecule has 0 spiro atoms. The molecule has 0 atom stereocenters. The fraction of sp³-hybridized carbons (Fsp3) is 0.0833. The van der Waals surface area contributed by atoms with Crippen molar-refractivity contribution in [2.24, 2.45) is 5.73 Å². The average Bonchev–Trinajstić information content (AvgIpc) is 2.31. The molecule has 6 heteroatoms. The number of hydrogen-bond donors (Lipinski definition) is 3. The van der Waals surface area contributed by atoms with Crippen LogP contribution in [0.5, 0.6) is 0 Å². The van der Waals surface area contributed by atoms with E-state index >= 15 is 0 Å². The Hall–Kier alpha value is -2.63. The molecule has 18 heavy (non-hydrogen) atoms. The number of rotatable bonds is 3. The summed E-state index contributed by atoms with van der Waals surface area (Å²) in [6.45, 7) is 1.93. The summed E-state index contributed by atoms with van der Waals surface area (Å²) < 4.78 is 0. The number of carbonyl (C=O) groups excluding carboxylic acids is 1. The highest BCUT2D eigenvalue weighted by atomic mass is 16.1. The minimum absolute atomic E-state index is 0.244. The molecule has 0 aliphatic heterocycles. The molecule has 92 valence electrons. The Morgan fingerprint density at radius 3 is 2.72 bits per heavy atom. The number of nitrogens with one attached hydrogen (secondary N) is 1. The van der Waals surface area contributed by atoms with E-state index in [4.69, 9.17) is 11.5 Å². The maximum Gasteiger partial charge on any atom is 0.250 e. The Labute approximate surface area is 104 Å². The van der Waals surface area contributed by atoms with E-state index in [1.807, 2.05) is 13.0 Å². The van der Waals surface area contributed by atoms with Crippen molar-refractivity contribution in [3.63, 3.8) is 0 Å². The van der Waals surface area contributed by atoms with Gasteiger partial charge in [-0.3, -0.25) is 9.78 Å². The number of nitrogens with two attached hydrogens (primary N) is 2. The van der Waals surface area contributed by atoms with Crippen molar-refractivity contribution in [1.82, 2.24) is 9.97 Å². The summed E-state index contributed by atoms with van der Waals surface area (Å²) in [6.07, 6.45) is 4.80. The number of carbonyl (C=O) groups is 1. The van der Waals surface area contributed by atoms with Crippen molar-refractivity contribution in [2.75, 3.05) is 11.1 Å². The van der Waals surface area contributed by atoms with E-state index < -0.39 is 5.91 Å². The molecule has 0 aliphatic rings. The molecular formula is C12H13N5O. The van der Waals surface area contributed by atoms with Crippen LogP contribution in [-0.4, -0.2) is 15.9 Å². The Kier molecular flexibility index (Phi) is 3.09. The second-order valence-corrected chi connectivity index (χ2v) is 3.90. The Morgan fingerprint density at radius 2 is 2.06 bits per heavy atom. The van der Waals surface area contributed by atoms with E-state index in [9.17, 15) is 4.79 Å². The smallest absolute Gasteiger partial charge is 0.250 e. The third-order valence-electron chi connectivity index (χ3n) is 2.35. The van der Waals surface area contributed by atoms with Gasteiger partial charge >= 0.3 is 0 Å². The monoisotopic (exact) mass is 243 g/mol. The first-order valence-electron chi connectivity index (χ1n) is 5.30. The van der Waals surface area contributed by atoms with Gasteiger partial charge in [0.25, 0.3) is 5.91 Å². The molecule has 0 fully saturated rings. The highest BCUT2D eigenvalue weighted by molar-refractivity contribution is 5.98. The Bertz CT molecular complexity index is 597. The molecular weight excluding hydrogens is 230 g/mol. The van der Waals surface area contributed by atoms with Crippen LogP contribution < -0.4 is 16.8 Å². The van der Waals surface area contributed by atoms with Crippen LogP contribution >= 0.6 is 0 Å². The first kappa shape index (κ1) is 11.8. The Morgan fingerprint density at radius 1 is 1.28 bits per heavy atom. The minimum atomic E-state index is -0.583. The van der Waals surface area contributed by atoms with E-state index in [1.165, 1.54) is 12.3 Å². The largest absolute Gasteiger partial charge is 0.397 e. The van der Waals surface area contributed by atoms with Gasteiger partial charge in [0.05, 0.1) is 29.3 Å². The molecule has 0 saturated carbocycles. The zero-order valence-corrected chi connectivity index (χ0v) is 9.84. The van der Waals surface area contributed by atoms with Crippen molar-refractivity contribution in [1.29, 1.82) is 0 Å². The number of nitrogens with zero attached hydrogens (tertiary/aromatic N) is 2. The second-order valence-electron chi connectivity index (χ2n) is 3.90. The predicted octanol–water partition coefficient (Wildman–Crippen LogP) is 1.21. The van der Waals surface area contributed by atoms with E-state index in [-0.39, 0.29) is 11.3 Å². The maximum atomic E-state index is 11.2. The summed E-state index contributed by atoms with van der Waals surface area (Å²) in [4.78, 5) is 19.3. The van der Waals surface area contributed by atoms with Gasteiger partial charge in [-0.05, 0) is 24.6 Å². The summed E-state index contributed by atoms with van der Waals surface area (Å²) in [6, 6.07) is 3.43. The molecule has 1 amide bonds. The van der Waals surface area contributed by atoms with Crippen molar-refractivity contribution in [2.45, 2.75) is 6.92 Å². The summed E-state index contributed by atoms with van der Waals surface area (Å²) in [5, 5.41) is 3.03. The number of amides is 1. The molecule has 0 aromatic carbocycles. The zero-order chi connectivity index (χ0) is 13.1. The summed E-state index contributed by atoms with van der Waals surface area (Å²) in [5.41, 5.74) is 13.1. The number of pyridine rings is 2. The van der Waals surface area contributed by atoms with E-state index in [1.54, 1.807) is 12.4 Å². The lowest BCUT2D eigenvalue weighted by molar-refractivity contribution is 0.100. The molecule has 0 saturated heterocycles. The molecule has 5 N–H and O–H groups in total. The predicted molar refractivity (Wildman–Crippen MR) is 69.4 cm³/mol. The van der Waals surface area contributed by atoms with Crippen LogP contribution in [0, 0.1) is 6.92 Å². The first-order valence-corrected chi connectivity index (χ1v) is 5.30. The van der Waals surface area contributed by atoms with Gasteiger partial charge in [0, 0.05) is 6.20 Å². The van der Waals surface area contributed by atoms with E-state index in [0.29, 0.717) is 5.82 Å². The van der Waals surface area contributed by atoms with Crippen LogP contribution in [0.4, 0.5) is 17.2 Å². The molecule has 2 aromatic heterocycles. The molecule has 2 rings (SSSR count). The highest BCUT2D eigenvalue weighted by Crippen LogP contribution is 2.18. The van der Waals surface area contributed by atoms with E-state index in [2.05, 4.69) is 15.3 Å². The van der Waals surface area contributed by atoms with Crippen LogP contribution in [-0.2, 0) is 0 Å². The Balaban J connectivity index is 2.30.